The summed E-state index contributed by atoms with van der Waals surface area (Å²) in [5.74, 6) is 0. The number of rotatable bonds is 0. The van der Waals surface area contributed by atoms with E-state index in [1.807, 2.05) is 60.7 Å². The van der Waals surface area contributed by atoms with E-state index in [4.69, 9.17) is 10.2 Å². The van der Waals surface area contributed by atoms with Gasteiger partial charge in [-0.15, -0.1) is 24.3 Å². The Kier molecular flexibility index (Phi) is 23.1. The SMILES string of the molecule is CO.CO.[CH2-]c1ccccc1.[CH2-]c1ccccc1.[Ti+2]. The van der Waals surface area contributed by atoms with Crippen LogP contribution in [0.2, 0.25) is 0 Å². The molecule has 0 unspecified atom stereocenters. The quantitative estimate of drug-likeness (QED) is 0.579. The molecule has 0 amide bonds. The van der Waals surface area contributed by atoms with Crippen molar-refractivity contribution in [2.45, 2.75) is 0 Å². The average molecular weight is 294 g/mol. The third-order valence-electron chi connectivity index (χ3n) is 1.69. The number of benzene rings is 2. The van der Waals surface area contributed by atoms with Gasteiger partial charge in [-0.2, -0.15) is 49.2 Å². The molecular weight excluding hydrogens is 272 g/mol. The number of aliphatic hydroxyl groups excluding tert-OH is 2. The first kappa shape index (κ1) is 22.9. The van der Waals surface area contributed by atoms with E-state index in [0.29, 0.717) is 0 Å². The summed E-state index contributed by atoms with van der Waals surface area (Å²) in [6.45, 7) is 7.44. The van der Waals surface area contributed by atoms with Crippen LogP contribution < -0.4 is 0 Å². The molecule has 0 saturated carbocycles. The van der Waals surface area contributed by atoms with E-state index in [0.717, 1.165) is 25.3 Å². The van der Waals surface area contributed by atoms with Crippen molar-refractivity contribution < 1.29 is 31.9 Å². The van der Waals surface area contributed by atoms with Crippen molar-refractivity contribution in [3.8, 4) is 0 Å². The fraction of sp³-hybridized carbons (Fsp3) is 0.125. The van der Waals surface area contributed by atoms with Crippen LogP contribution in [0.5, 0.6) is 0 Å². The fourth-order valence-electron chi connectivity index (χ4n) is 0.956. The second-order valence-corrected chi connectivity index (χ2v) is 2.97. The summed E-state index contributed by atoms with van der Waals surface area (Å²) in [6.07, 6.45) is 0. The van der Waals surface area contributed by atoms with Gasteiger partial charge in [-0.3, -0.25) is 0 Å². The molecule has 0 spiro atoms. The van der Waals surface area contributed by atoms with Crippen molar-refractivity contribution in [1.29, 1.82) is 0 Å². The molecule has 0 heterocycles. The Bertz CT molecular complexity index is 312. The predicted octanol–water partition coefficient (Wildman–Crippen LogP) is 2.95. The van der Waals surface area contributed by atoms with E-state index in [9.17, 15) is 0 Å². The molecule has 19 heavy (non-hydrogen) atoms. The standard InChI is InChI=1S/2C7H7.2CH4O.Ti/c2*1-7-5-3-2-4-6-7;2*1-2;/h2*2-6H,1H2;2*2H,1H3;/q2*-1;;;+2. The van der Waals surface area contributed by atoms with Crippen LogP contribution in [0.3, 0.4) is 0 Å². The smallest absolute Gasteiger partial charge is 0.400 e. The molecule has 0 aliphatic carbocycles. The summed E-state index contributed by atoms with van der Waals surface area (Å²) >= 11 is 0. The normalized spacial score (nSPS) is 6.95. The molecule has 2 rings (SSSR count). The Balaban J connectivity index is -0.000000205. The monoisotopic (exact) mass is 294 g/mol. The van der Waals surface area contributed by atoms with E-state index >= 15 is 0 Å². The second-order valence-electron chi connectivity index (χ2n) is 2.97. The first-order valence-corrected chi connectivity index (χ1v) is 5.42. The van der Waals surface area contributed by atoms with Gasteiger partial charge in [-0.25, -0.2) is 0 Å². The van der Waals surface area contributed by atoms with Crippen molar-refractivity contribution in [3.05, 3.63) is 85.6 Å². The van der Waals surface area contributed by atoms with Crippen LogP contribution in [0, 0.1) is 13.8 Å². The van der Waals surface area contributed by atoms with Gasteiger partial charge in [0, 0.05) is 14.2 Å². The van der Waals surface area contributed by atoms with Crippen molar-refractivity contribution in [2.75, 3.05) is 14.2 Å². The summed E-state index contributed by atoms with van der Waals surface area (Å²) in [4.78, 5) is 0. The molecule has 102 valence electrons. The summed E-state index contributed by atoms with van der Waals surface area (Å²) in [6, 6.07) is 19.7. The molecule has 0 radical (unpaired) electrons. The molecule has 2 N–H and O–H groups in total. The summed E-state index contributed by atoms with van der Waals surface area (Å²) in [7, 11) is 2.00. The number of aliphatic hydroxyl groups is 2. The van der Waals surface area contributed by atoms with Crippen molar-refractivity contribution in [3.63, 3.8) is 0 Å². The van der Waals surface area contributed by atoms with Gasteiger partial charge in [0.15, 0.2) is 0 Å². The molecule has 0 aliphatic heterocycles. The van der Waals surface area contributed by atoms with Gasteiger partial charge in [0.2, 0.25) is 0 Å². The minimum atomic E-state index is 0. The van der Waals surface area contributed by atoms with Gasteiger partial charge in [0.1, 0.15) is 0 Å². The topological polar surface area (TPSA) is 40.5 Å². The zero-order valence-corrected chi connectivity index (χ0v) is 13.1. The molecule has 3 heteroatoms. The molecular formula is C16H22O2Ti. The minimum Gasteiger partial charge on any atom is -0.400 e. The summed E-state index contributed by atoms with van der Waals surface area (Å²) in [5.41, 5.74) is 2.14. The van der Waals surface area contributed by atoms with E-state index in [-0.39, 0.29) is 21.7 Å². The maximum absolute atomic E-state index is 7.00. The van der Waals surface area contributed by atoms with Gasteiger partial charge in [0.05, 0.1) is 0 Å². The van der Waals surface area contributed by atoms with Gasteiger partial charge in [-0.1, -0.05) is 12.1 Å². The molecule has 2 nitrogen and oxygen atoms in total. The third-order valence-corrected chi connectivity index (χ3v) is 1.69. The zero-order chi connectivity index (χ0) is 14.2. The maximum Gasteiger partial charge on any atom is 2.00 e. The molecule has 0 saturated heterocycles. The minimum absolute atomic E-state index is 0. The van der Waals surface area contributed by atoms with Gasteiger partial charge in [0.25, 0.3) is 0 Å². The molecule has 2 aromatic carbocycles. The van der Waals surface area contributed by atoms with E-state index in [2.05, 4.69) is 13.8 Å². The third kappa shape index (κ3) is 16.8. The largest absolute Gasteiger partial charge is 2.00 e. The molecule has 0 bridgehead atoms. The molecule has 0 atom stereocenters. The molecule has 0 aromatic heterocycles. The summed E-state index contributed by atoms with van der Waals surface area (Å²) in [5, 5.41) is 14.0. The van der Waals surface area contributed by atoms with Crippen molar-refractivity contribution >= 4 is 0 Å². The average Bonchev–Trinajstić information content (AvgIpc) is 2.46. The number of hydrogen-bond donors (Lipinski definition) is 2. The maximum atomic E-state index is 7.00. The van der Waals surface area contributed by atoms with E-state index < -0.39 is 0 Å². The Morgan fingerprint density at radius 2 is 0.789 bits per heavy atom. The van der Waals surface area contributed by atoms with E-state index in [1.165, 1.54) is 0 Å². The number of hydrogen-bond acceptors (Lipinski definition) is 2. The van der Waals surface area contributed by atoms with Gasteiger partial charge in [-0.05, 0) is 0 Å². The van der Waals surface area contributed by atoms with Crippen molar-refractivity contribution in [1.82, 2.24) is 0 Å². The van der Waals surface area contributed by atoms with Gasteiger partial charge >= 0.3 is 21.7 Å². The molecule has 0 fully saturated rings. The van der Waals surface area contributed by atoms with Crippen LogP contribution in [0.4, 0.5) is 0 Å². The van der Waals surface area contributed by atoms with Crippen LogP contribution in [-0.4, -0.2) is 24.4 Å². The van der Waals surface area contributed by atoms with Crippen LogP contribution in [0.25, 0.3) is 0 Å². The predicted molar refractivity (Wildman–Crippen MR) is 78.1 cm³/mol. The fourth-order valence-corrected chi connectivity index (χ4v) is 0.956. The Hall–Kier alpha value is -1.19. The van der Waals surface area contributed by atoms with Crippen LogP contribution in [-0.2, 0) is 21.7 Å². The molecule has 0 aliphatic rings. The first-order valence-electron chi connectivity index (χ1n) is 5.42. The Morgan fingerprint density at radius 1 is 0.579 bits per heavy atom. The Morgan fingerprint density at radius 3 is 0.895 bits per heavy atom. The van der Waals surface area contributed by atoms with Crippen molar-refractivity contribution in [2.24, 2.45) is 0 Å². The van der Waals surface area contributed by atoms with Crippen LogP contribution in [0.15, 0.2) is 60.7 Å². The first-order chi connectivity index (χ1) is 8.79. The van der Waals surface area contributed by atoms with Crippen LogP contribution in [0.1, 0.15) is 11.1 Å². The summed E-state index contributed by atoms with van der Waals surface area (Å²) < 4.78 is 0. The second kappa shape index (κ2) is 19.2. The molecule has 2 aromatic rings. The van der Waals surface area contributed by atoms with Gasteiger partial charge < -0.3 is 10.2 Å². The zero-order valence-electron chi connectivity index (χ0n) is 11.6. The Labute approximate surface area is 132 Å². The van der Waals surface area contributed by atoms with E-state index in [1.54, 1.807) is 0 Å². The van der Waals surface area contributed by atoms with Crippen LogP contribution >= 0.6 is 0 Å².